The first-order chi connectivity index (χ1) is 14.9. The molecule has 3 rings (SSSR count). The number of nitrogens with zero attached hydrogens (tertiary/aromatic N) is 2. The first kappa shape index (κ1) is 22.5. The fraction of sp³-hybridized carbons (Fsp3) is 0.136. The monoisotopic (exact) mass is 460 g/mol. The van der Waals surface area contributed by atoms with E-state index in [0.717, 1.165) is 11.6 Å². The second-order valence-electron chi connectivity index (χ2n) is 6.47. The van der Waals surface area contributed by atoms with Gasteiger partial charge in [0.05, 0.1) is 5.02 Å². The standard InChI is InChI=1S/C22H19Cl2FN4O2/c1-14(8-10-26-21(30)13-31-17-6-7-18(24)19(25)12-17)28-20-9-11-27-22(29-20)15-2-4-16(23)5-3-15/h2-7,9,11-12H,1,8,10,13H2,(H,26,30)(H,27,28,29). The Bertz CT molecular complexity index is 1080. The second kappa shape index (κ2) is 10.7. The highest BCUT2D eigenvalue weighted by Gasteiger charge is 2.07. The Morgan fingerprint density at radius 1 is 1.13 bits per heavy atom. The van der Waals surface area contributed by atoms with Gasteiger partial charge in [0.2, 0.25) is 0 Å². The zero-order valence-corrected chi connectivity index (χ0v) is 17.9. The maximum atomic E-state index is 13.4. The van der Waals surface area contributed by atoms with Gasteiger partial charge in [-0.25, -0.2) is 14.4 Å². The van der Waals surface area contributed by atoms with E-state index in [9.17, 15) is 9.18 Å². The van der Waals surface area contributed by atoms with E-state index in [4.69, 9.17) is 27.9 Å². The molecule has 1 amide bonds. The third kappa shape index (κ3) is 6.94. The summed E-state index contributed by atoms with van der Waals surface area (Å²) < 4.78 is 18.6. The zero-order chi connectivity index (χ0) is 22.2. The van der Waals surface area contributed by atoms with Gasteiger partial charge in [0.1, 0.15) is 17.4 Å². The topological polar surface area (TPSA) is 76.1 Å². The van der Waals surface area contributed by atoms with Crippen molar-refractivity contribution in [1.29, 1.82) is 0 Å². The highest BCUT2D eigenvalue weighted by molar-refractivity contribution is 6.31. The van der Waals surface area contributed by atoms with Crippen LogP contribution < -0.4 is 15.4 Å². The normalized spacial score (nSPS) is 10.4. The van der Waals surface area contributed by atoms with Crippen LogP contribution in [0.5, 0.6) is 5.75 Å². The van der Waals surface area contributed by atoms with Gasteiger partial charge in [-0.1, -0.05) is 29.8 Å². The molecule has 9 heteroatoms. The van der Waals surface area contributed by atoms with Crippen molar-refractivity contribution >= 4 is 34.9 Å². The summed E-state index contributed by atoms with van der Waals surface area (Å²) in [4.78, 5) is 20.6. The van der Waals surface area contributed by atoms with Gasteiger partial charge < -0.3 is 15.4 Å². The molecule has 0 saturated heterocycles. The van der Waals surface area contributed by atoms with E-state index in [2.05, 4.69) is 27.2 Å². The van der Waals surface area contributed by atoms with Gasteiger partial charge in [0.15, 0.2) is 12.4 Å². The molecular formula is C22H19Cl2FN4O2. The summed E-state index contributed by atoms with van der Waals surface area (Å²) in [6, 6.07) is 12.9. The van der Waals surface area contributed by atoms with Crippen molar-refractivity contribution in [2.45, 2.75) is 6.42 Å². The molecular weight excluding hydrogens is 442 g/mol. The quantitative estimate of drug-likeness (QED) is 0.464. The molecule has 2 aromatic carbocycles. The van der Waals surface area contributed by atoms with Crippen molar-refractivity contribution < 1.29 is 13.9 Å². The zero-order valence-electron chi connectivity index (χ0n) is 16.4. The number of hydrogen-bond acceptors (Lipinski definition) is 5. The number of hydrogen-bond donors (Lipinski definition) is 2. The van der Waals surface area contributed by atoms with E-state index < -0.39 is 5.82 Å². The van der Waals surface area contributed by atoms with Crippen molar-refractivity contribution in [1.82, 2.24) is 15.3 Å². The van der Waals surface area contributed by atoms with Crippen molar-refractivity contribution in [3.63, 3.8) is 0 Å². The summed E-state index contributed by atoms with van der Waals surface area (Å²) in [7, 11) is 0. The Kier molecular flexibility index (Phi) is 7.81. The van der Waals surface area contributed by atoms with Crippen molar-refractivity contribution in [3.8, 4) is 17.1 Å². The summed E-state index contributed by atoms with van der Waals surface area (Å²) in [6.07, 6.45) is 2.12. The first-order valence-corrected chi connectivity index (χ1v) is 10.0. The summed E-state index contributed by atoms with van der Waals surface area (Å²) in [5.74, 6) is 0.424. The van der Waals surface area contributed by atoms with Gasteiger partial charge in [0.25, 0.3) is 5.91 Å². The molecule has 0 radical (unpaired) electrons. The van der Waals surface area contributed by atoms with Crippen LogP contribution in [-0.2, 0) is 4.79 Å². The molecule has 0 atom stereocenters. The Morgan fingerprint density at radius 2 is 1.90 bits per heavy atom. The molecule has 31 heavy (non-hydrogen) atoms. The molecule has 0 aliphatic heterocycles. The Morgan fingerprint density at radius 3 is 2.65 bits per heavy atom. The van der Waals surface area contributed by atoms with Gasteiger partial charge in [-0.2, -0.15) is 0 Å². The SMILES string of the molecule is C=C(CCNC(=O)COc1ccc(Cl)c(F)c1)Nc1ccnc(-c2ccc(Cl)cc2)n1. The van der Waals surface area contributed by atoms with Crippen LogP contribution in [0.3, 0.4) is 0 Å². The predicted molar refractivity (Wildman–Crippen MR) is 120 cm³/mol. The molecule has 160 valence electrons. The molecule has 3 aromatic rings. The summed E-state index contributed by atoms with van der Waals surface area (Å²) in [6.45, 7) is 4.05. The van der Waals surface area contributed by atoms with Gasteiger partial charge >= 0.3 is 0 Å². The Labute approximate surface area is 189 Å². The maximum absolute atomic E-state index is 13.4. The van der Waals surface area contributed by atoms with Crippen LogP contribution in [0.4, 0.5) is 10.2 Å². The highest BCUT2D eigenvalue weighted by Crippen LogP contribution is 2.21. The number of benzene rings is 2. The first-order valence-electron chi connectivity index (χ1n) is 9.29. The van der Waals surface area contributed by atoms with Crippen molar-refractivity contribution in [2.24, 2.45) is 0 Å². The van der Waals surface area contributed by atoms with E-state index in [0.29, 0.717) is 35.3 Å². The van der Waals surface area contributed by atoms with Crippen LogP contribution in [-0.4, -0.2) is 29.0 Å². The number of rotatable bonds is 9. The third-order valence-electron chi connectivity index (χ3n) is 4.07. The number of carbonyl (C=O) groups excluding carboxylic acids is 1. The number of ether oxygens (including phenoxy) is 1. The van der Waals surface area contributed by atoms with E-state index in [1.54, 1.807) is 24.4 Å². The molecule has 0 unspecified atom stereocenters. The molecule has 0 bridgehead atoms. The minimum absolute atomic E-state index is 0.00760. The minimum atomic E-state index is -0.606. The van der Waals surface area contributed by atoms with Crippen LogP contribution in [0.25, 0.3) is 11.4 Å². The maximum Gasteiger partial charge on any atom is 0.257 e. The fourth-order valence-electron chi connectivity index (χ4n) is 2.53. The van der Waals surface area contributed by atoms with E-state index in [1.807, 2.05) is 12.1 Å². The smallest absolute Gasteiger partial charge is 0.257 e. The second-order valence-corrected chi connectivity index (χ2v) is 7.31. The third-order valence-corrected chi connectivity index (χ3v) is 4.63. The molecule has 1 heterocycles. The molecule has 2 N–H and O–H groups in total. The van der Waals surface area contributed by atoms with Crippen molar-refractivity contribution in [3.05, 3.63) is 82.9 Å². The number of anilines is 1. The number of halogens is 3. The number of nitrogens with one attached hydrogen (secondary N) is 2. The molecule has 1 aromatic heterocycles. The molecule has 0 spiro atoms. The summed E-state index contributed by atoms with van der Waals surface area (Å²) in [5.41, 5.74) is 1.51. The molecule has 6 nitrogen and oxygen atoms in total. The van der Waals surface area contributed by atoms with E-state index in [-0.39, 0.29) is 23.3 Å². The van der Waals surface area contributed by atoms with Crippen LogP contribution in [0.2, 0.25) is 10.0 Å². The fourth-order valence-corrected chi connectivity index (χ4v) is 2.77. The summed E-state index contributed by atoms with van der Waals surface area (Å²) in [5, 5.41) is 6.44. The van der Waals surface area contributed by atoms with Gasteiger partial charge in [0, 0.05) is 41.5 Å². The van der Waals surface area contributed by atoms with E-state index >= 15 is 0 Å². The average Bonchev–Trinajstić information content (AvgIpc) is 2.75. The van der Waals surface area contributed by atoms with Gasteiger partial charge in [-0.05, 0) is 42.5 Å². The lowest BCUT2D eigenvalue weighted by molar-refractivity contribution is -0.123. The van der Waals surface area contributed by atoms with Crippen LogP contribution in [0, 0.1) is 5.82 Å². The lowest BCUT2D eigenvalue weighted by Crippen LogP contribution is -2.30. The number of aromatic nitrogens is 2. The molecule has 0 aliphatic rings. The number of amides is 1. The van der Waals surface area contributed by atoms with Crippen molar-refractivity contribution in [2.75, 3.05) is 18.5 Å². The highest BCUT2D eigenvalue weighted by atomic mass is 35.5. The predicted octanol–water partition coefficient (Wildman–Crippen LogP) is 5.10. The lowest BCUT2D eigenvalue weighted by Gasteiger charge is -2.11. The summed E-state index contributed by atoms with van der Waals surface area (Å²) >= 11 is 11.5. The lowest BCUT2D eigenvalue weighted by atomic mass is 10.2. The number of carbonyl (C=O) groups is 1. The van der Waals surface area contributed by atoms with Gasteiger partial charge in [-0.3, -0.25) is 4.79 Å². The minimum Gasteiger partial charge on any atom is -0.484 e. The molecule has 0 saturated carbocycles. The van der Waals surface area contributed by atoms with Crippen LogP contribution in [0.1, 0.15) is 6.42 Å². The largest absolute Gasteiger partial charge is 0.484 e. The average molecular weight is 461 g/mol. The van der Waals surface area contributed by atoms with Gasteiger partial charge in [-0.15, -0.1) is 0 Å². The molecule has 0 fully saturated rings. The van der Waals surface area contributed by atoms with Crippen LogP contribution >= 0.6 is 23.2 Å². The molecule has 0 aliphatic carbocycles. The van der Waals surface area contributed by atoms with Crippen LogP contribution in [0.15, 0.2) is 67.0 Å². The Balaban J connectivity index is 1.42. The Hall–Kier alpha value is -3.16. The van der Waals surface area contributed by atoms with E-state index in [1.165, 1.54) is 12.1 Å².